The van der Waals surface area contributed by atoms with E-state index in [2.05, 4.69) is 0 Å². The fourth-order valence-corrected chi connectivity index (χ4v) is 13.4. The van der Waals surface area contributed by atoms with Crippen LogP contribution < -0.4 is 20.7 Å². The molecule has 0 saturated carbocycles. The predicted octanol–water partition coefficient (Wildman–Crippen LogP) is 12.8. The number of hydrogen-bond acceptors (Lipinski definition) is 1. The van der Waals surface area contributed by atoms with Gasteiger partial charge in [-0.05, 0) is 74.2 Å². The highest BCUT2D eigenvalue weighted by Gasteiger charge is 2.41. The molecule has 0 aliphatic heterocycles. The molecular weight excluding hydrogens is 793 g/mol. The van der Waals surface area contributed by atoms with Crippen LogP contribution in [-0.4, -0.2) is 17.2 Å². The first-order valence-corrected chi connectivity index (χ1v) is 22.3. The van der Waals surface area contributed by atoms with Gasteiger partial charge in [0.2, 0.25) is 0 Å². The minimum Gasteiger partial charge on any atom is -0.454 e. The summed E-state index contributed by atoms with van der Waals surface area (Å²) in [5.41, 5.74) is -0.614. The number of nitrogens with zero attached hydrogens (tertiary/aromatic N) is 2. The predicted molar refractivity (Wildman–Crippen MR) is 271 cm³/mol. The van der Waals surface area contributed by atoms with Crippen LogP contribution in [0.1, 0.15) is 28.8 Å². The number of rotatable bonds is 7. The first kappa shape index (κ1) is 21.3. The van der Waals surface area contributed by atoms with E-state index in [1.165, 1.54) is 4.57 Å². The van der Waals surface area contributed by atoms with E-state index in [1.807, 2.05) is 0 Å². The second-order valence-corrected chi connectivity index (χ2v) is 18.8. The lowest BCUT2D eigenvalue weighted by Crippen LogP contribution is -2.74. The molecule has 0 aliphatic rings. The van der Waals surface area contributed by atoms with E-state index in [-0.39, 0.29) is 49.1 Å². The quantitative estimate of drug-likeness (QED) is 0.116. The lowest BCUT2D eigenvalue weighted by atomic mass is 10.1. The van der Waals surface area contributed by atoms with Crippen molar-refractivity contribution in [3.8, 4) is 22.5 Å². The van der Waals surface area contributed by atoms with Crippen LogP contribution in [0.2, 0.25) is 0 Å². The van der Waals surface area contributed by atoms with Gasteiger partial charge in [0, 0.05) is 32.6 Å². The summed E-state index contributed by atoms with van der Waals surface area (Å²) in [5.74, 6) is 0. The van der Waals surface area contributed by atoms with Crippen LogP contribution in [0.25, 0.3) is 88.1 Å². The van der Waals surface area contributed by atoms with Crippen molar-refractivity contribution in [2.24, 2.45) is 0 Å². The Labute approximate surface area is 400 Å². The van der Waals surface area contributed by atoms with Gasteiger partial charge >= 0.3 is 0 Å². The average Bonchev–Trinajstić information content (AvgIpc) is 1.71. The Bertz CT molecular complexity index is 4950. The summed E-state index contributed by atoms with van der Waals surface area (Å²) in [7, 11) is -4.75. The molecule has 0 radical (unpaired) electrons. The molecule has 4 heteroatoms. The Morgan fingerprint density at radius 2 is 0.922 bits per heavy atom. The molecule has 3 heterocycles. The molecule has 0 atom stereocenters. The van der Waals surface area contributed by atoms with E-state index < -0.39 is 146 Å². The van der Waals surface area contributed by atoms with E-state index in [0.29, 0.717) is 48.5 Å². The summed E-state index contributed by atoms with van der Waals surface area (Å²) in [6, 6.07) is 18.4. The topological polar surface area (TPSA) is 23.0 Å². The van der Waals surface area contributed by atoms with E-state index in [4.69, 9.17) is 19.5 Å². The van der Waals surface area contributed by atoms with Crippen LogP contribution in [0, 0.1) is 0 Å². The fraction of sp³-hybridized carbons (Fsp3) is 0. The van der Waals surface area contributed by atoms with Crippen molar-refractivity contribution < 1.29 is 33.2 Å². The first-order chi connectivity index (χ1) is 40.5. The first-order valence-electron chi connectivity index (χ1n) is 30.8. The summed E-state index contributed by atoms with van der Waals surface area (Å²) in [6.45, 7) is 0. The average molecular weight is 854 g/mol. The summed E-state index contributed by atoms with van der Waals surface area (Å²) >= 11 is 0. The van der Waals surface area contributed by atoms with Crippen LogP contribution in [-0.2, 0) is 0 Å². The smallest absolute Gasteiger partial charge is 0.179 e. The molecule has 64 heavy (non-hydrogen) atoms. The summed E-state index contributed by atoms with van der Waals surface area (Å²) in [4.78, 5) is 0. The van der Waals surface area contributed by atoms with E-state index in [1.54, 1.807) is 120 Å². The SMILES string of the molecule is [2H]c1c([2H])c([2H])c(-c2c([2H])c([2H])c([Si](c3ccccc3)(c3ccccc3)c3c([2H])c([2H])c(-n4c5ccccc5c5cc(-n6c7c([2H])c([2H])c([2H])c([2H])c7c7c([2H])c([2H])c([2H])c([2H])c76)c6oc7ccccc7c6c54)c([2H])c3[2H])c([2H])c2[2H])c([2H])c1[2H]. The molecule has 13 rings (SSSR count). The van der Waals surface area contributed by atoms with E-state index in [0.717, 1.165) is 0 Å². The maximum absolute atomic E-state index is 10.4. The van der Waals surface area contributed by atoms with Crippen LogP contribution in [0.3, 0.4) is 0 Å². The Kier molecular flexibility index (Phi) is 4.80. The van der Waals surface area contributed by atoms with Gasteiger partial charge in [-0.2, -0.15) is 0 Å². The van der Waals surface area contributed by atoms with Gasteiger partial charge in [-0.3, -0.25) is 0 Å². The Balaban J connectivity index is 1.18. The lowest BCUT2D eigenvalue weighted by Gasteiger charge is -2.34. The molecule has 3 nitrogen and oxygen atoms in total. The maximum atomic E-state index is 10.4. The highest BCUT2D eigenvalue weighted by molar-refractivity contribution is 7.19. The normalized spacial score (nSPS) is 16.7. The minimum atomic E-state index is -4.75. The van der Waals surface area contributed by atoms with E-state index in [9.17, 15) is 13.7 Å². The largest absolute Gasteiger partial charge is 0.454 e. The number of fused-ring (bicyclic) bond motifs is 10. The van der Waals surface area contributed by atoms with Crippen molar-refractivity contribution in [3.63, 3.8) is 0 Å². The summed E-state index contributed by atoms with van der Waals surface area (Å²) in [6.07, 6.45) is 0. The molecular formula is C60H40N2OSi. The van der Waals surface area contributed by atoms with Crippen molar-refractivity contribution >= 4 is 94.4 Å². The third-order valence-electron chi connectivity index (χ3n) is 11.9. The van der Waals surface area contributed by atoms with Crippen molar-refractivity contribution in [2.45, 2.75) is 0 Å². The zero-order chi connectivity index (χ0) is 60.5. The van der Waals surface area contributed by atoms with Crippen LogP contribution in [0.5, 0.6) is 0 Å². The third-order valence-corrected chi connectivity index (χ3v) is 16.3. The van der Waals surface area contributed by atoms with Gasteiger partial charge in [0.25, 0.3) is 0 Å². The number of furan rings is 1. The summed E-state index contributed by atoms with van der Waals surface area (Å²) in [5, 5.41) is 1.47. The van der Waals surface area contributed by atoms with Gasteiger partial charge in [-0.15, -0.1) is 0 Å². The minimum absolute atomic E-state index is 0.0539. The molecule has 10 aromatic carbocycles. The molecule has 13 aromatic rings. The standard InChI is InChI=1S/C60H40N2OSi/c1-4-18-41(19-5-1)42-32-36-46(37-33-42)64(44-20-6-2-7-21-44,45-22-8-3-9-23-45)47-38-34-43(35-39-47)61-53-28-14-12-26-50(53)52-40-56(60-58(59(52)61)51-27-13-17-31-57(51)63-60)62-54-29-15-10-24-48(54)49-25-11-16-30-55(49)62/h1-40H/i1D,4D,5D,10D,11D,15D,16D,18D,19D,24D,25D,29D,30D,32D,33D,34D,35D,36D,37D,38D,39D. The molecule has 0 N–H and O–H groups in total. The fourth-order valence-electron chi connectivity index (χ4n) is 9.23. The number of para-hydroxylation sites is 4. The van der Waals surface area contributed by atoms with Gasteiger partial charge in [0.05, 0.1) is 61.9 Å². The zero-order valence-corrected chi connectivity index (χ0v) is 34.3. The van der Waals surface area contributed by atoms with Crippen molar-refractivity contribution in [3.05, 3.63) is 242 Å². The molecule has 0 aliphatic carbocycles. The molecule has 0 spiro atoms. The Morgan fingerprint density at radius 3 is 1.58 bits per heavy atom. The number of hydrogen-bond donors (Lipinski definition) is 0. The van der Waals surface area contributed by atoms with Crippen LogP contribution in [0.15, 0.2) is 247 Å². The lowest BCUT2D eigenvalue weighted by molar-refractivity contribution is 0.666. The zero-order valence-electron chi connectivity index (χ0n) is 54.3. The van der Waals surface area contributed by atoms with Crippen molar-refractivity contribution in [2.75, 3.05) is 0 Å². The van der Waals surface area contributed by atoms with Gasteiger partial charge < -0.3 is 13.6 Å². The van der Waals surface area contributed by atoms with Crippen molar-refractivity contribution in [1.82, 2.24) is 9.13 Å². The monoisotopic (exact) mass is 853 g/mol. The van der Waals surface area contributed by atoms with Gasteiger partial charge in [-0.25, -0.2) is 0 Å². The number of benzene rings is 10. The highest BCUT2D eigenvalue weighted by atomic mass is 28.3. The third kappa shape index (κ3) is 5.33. The Hall–Kier alpha value is -8.18. The van der Waals surface area contributed by atoms with Crippen LogP contribution >= 0.6 is 0 Å². The molecule has 0 unspecified atom stereocenters. The van der Waals surface area contributed by atoms with Gasteiger partial charge in [-0.1, -0.05) is 200 Å². The van der Waals surface area contributed by atoms with Crippen molar-refractivity contribution in [1.29, 1.82) is 0 Å². The second kappa shape index (κ2) is 14.5. The maximum Gasteiger partial charge on any atom is 0.179 e. The van der Waals surface area contributed by atoms with Gasteiger partial charge in [0.15, 0.2) is 13.7 Å². The molecule has 0 amide bonds. The van der Waals surface area contributed by atoms with E-state index >= 15 is 0 Å². The highest BCUT2D eigenvalue weighted by Crippen LogP contribution is 2.45. The molecule has 3 aromatic heterocycles. The Morgan fingerprint density at radius 1 is 0.391 bits per heavy atom. The molecule has 300 valence electrons. The van der Waals surface area contributed by atoms with Crippen LogP contribution in [0.4, 0.5) is 0 Å². The molecule has 0 bridgehead atoms. The second-order valence-electron chi connectivity index (χ2n) is 15.2. The molecule has 0 saturated heterocycles. The molecule has 0 fully saturated rings. The number of aromatic nitrogens is 2. The van der Waals surface area contributed by atoms with Gasteiger partial charge in [0.1, 0.15) is 5.58 Å². The summed E-state index contributed by atoms with van der Waals surface area (Å²) < 4.78 is 205.